The molecule has 0 aromatic carbocycles. The van der Waals surface area contributed by atoms with Gasteiger partial charge in [-0.1, -0.05) is 6.92 Å². The fraction of sp³-hybridized carbons (Fsp3) is 0.833. The maximum Gasteiger partial charge on any atom is 0.234 e. The van der Waals surface area contributed by atoms with Crippen LogP contribution in [0.3, 0.4) is 0 Å². The smallest absolute Gasteiger partial charge is 0.234 e. The molecule has 0 spiro atoms. The topological polar surface area (TPSA) is 55.1 Å². The van der Waals surface area contributed by atoms with Crippen LogP contribution < -0.4 is 11.1 Å². The van der Waals surface area contributed by atoms with Crippen LogP contribution in [0.1, 0.15) is 20.3 Å². The highest BCUT2D eigenvalue weighted by molar-refractivity contribution is 5.79. The van der Waals surface area contributed by atoms with E-state index in [0.29, 0.717) is 0 Å². The molecular weight excluding hydrogens is 116 g/mol. The lowest BCUT2D eigenvalue weighted by molar-refractivity contribution is -0.119. The Morgan fingerprint density at radius 2 is 2.33 bits per heavy atom. The van der Waals surface area contributed by atoms with Crippen molar-refractivity contribution in [2.75, 3.05) is 6.54 Å². The van der Waals surface area contributed by atoms with Crippen LogP contribution in [0.5, 0.6) is 0 Å². The first kappa shape index (κ1) is 8.43. The summed E-state index contributed by atoms with van der Waals surface area (Å²) in [5.74, 6) is -0.288. The molecule has 0 aliphatic rings. The minimum absolute atomic E-state index is 0.190. The second-order valence-corrected chi connectivity index (χ2v) is 2.08. The van der Waals surface area contributed by atoms with Crippen LogP contribution >= 0.6 is 0 Å². The normalized spacial score (nSPS) is 13.1. The number of carbonyl (C=O) groups is 1. The van der Waals surface area contributed by atoms with Gasteiger partial charge in [0.2, 0.25) is 5.91 Å². The fourth-order valence-corrected chi connectivity index (χ4v) is 0.461. The Balaban J connectivity index is 3.27. The summed E-state index contributed by atoms with van der Waals surface area (Å²) in [7, 11) is 0. The van der Waals surface area contributed by atoms with Gasteiger partial charge in [-0.3, -0.25) is 4.79 Å². The number of hydrogen-bond donors (Lipinski definition) is 2. The van der Waals surface area contributed by atoms with Gasteiger partial charge < -0.3 is 11.1 Å². The highest BCUT2D eigenvalue weighted by atomic mass is 16.1. The standard InChI is InChI=1S/C6H14N2O/c1-3-4-8-5(2)6(7)9/h5,8H,3-4H2,1-2H3,(H2,7,9). The van der Waals surface area contributed by atoms with Gasteiger partial charge in [0, 0.05) is 0 Å². The van der Waals surface area contributed by atoms with E-state index in [4.69, 9.17) is 5.73 Å². The molecule has 0 saturated carbocycles. The molecule has 3 N–H and O–H groups in total. The number of nitrogens with one attached hydrogen (secondary N) is 1. The molecule has 3 nitrogen and oxygen atoms in total. The first-order chi connectivity index (χ1) is 4.18. The Hall–Kier alpha value is -0.570. The van der Waals surface area contributed by atoms with Gasteiger partial charge in [-0.15, -0.1) is 0 Å². The van der Waals surface area contributed by atoms with Crippen LogP contribution in [0.15, 0.2) is 0 Å². The van der Waals surface area contributed by atoms with E-state index in [1.165, 1.54) is 0 Å². The van der Waals surface area contributed by atoms with Crippen LogP contribution in [0, 0.1) is 0 Å². The van der Waals surface area contributed by atoms with Crippen molar-refractivity contribution in [3.63, 3.8) is 0 Å². The number of rotatable bonds is 4. The first-order valence-corrected chi connectivity index (χ1v) is 3.21. The number of primary amides is 1. The molecule has 1 atom stereocenters. The quantitative estimate of drug-likeness (QED) is 0.556. The number of carbonyl (C=O) groups excluding carboxylic acids is 1. The van der Waals surface area contributed by atoms with E-state index in [1.807, 2.05) is 6.92 Å². The largest absolute Gasteiger partial charge is 0.368 e. The second kappa shape index (κ2) is 4.32. The molecule has 1 unspecified atom stereocenters. The van der Waals surface area contributed by atoms with E-state index >= 15 is 0 Å². The lowest BCUT2D eigenvalue weighted by Gasteiger charge is -2.06. The van der Waals surface area contributed by atoms with E-state index in [2.05, 4.69) is 5.32 Å². The molecule has 0 aliphatic carbocycles. The van der Waals surface area contributed by atoms with Crippen LogP contribution in [0.4, 0.5) is 0 Å². The maximum absolute atomic E-state index is 10.4. The average Bonchev–Trinajstić information content (AvgIpc) is 1.82. The van der Waals surface area contributed by atoms with Crippen molar-refractivity contribution in [1.82, 2.24) is 5.32 Å². The summed E-state index contributed by atoms with van der Waals surface area (Å²) >= 11 is 0. The monoisotopic (exact) mass is 130 g/mol. The third-order valence-corrected chi connectivity index (χ3v) is 1.13. The Morgan fingerprint density at radius 3 is 2.67 bits per heavy atom. The maximum atomic E-state index is 10.4. The molecule has 0 aromatic rings. The molecule has 0 rings (SSSR count). The molecule has 1 amide bonds. The Morgan fingerprint density at radius 1 is 1.78 bits per heavy atom. The highest BCUT2D eigenvalue weighted by Gasteiger charge is 2.04. The zero-order chi connectivity index (χ0) is 7.28. The zero-order valence-corrected chi connectivity index (χ0v) is 5.98. The Kier molecular flexibility index (Phi) is 4.05. The molecule has 0 aromatic heterocycles. The zero-order valence-electron chi connectivity index (χ0n) is 5.98. The average molecular weight is 130 g/mol. The van der Waals surface area contributed by atoms with Gasteiger partial charge in [-0.2, -0.15) is 0 Å². The number of hydrogen-bond acceptors (Lipinski definition) is 2. The summed E-state index contributed by atoms with van der Waals surface area (Å²) in [5.41, 5.74) is 4.98. The molecule has 0 aliphatic heterocycles. The summed E-state index contributed by atoms with van der Waals surface area (Å²) in [4.78, 5) is 10.4. The van der Waals surface area contributed by atoms with Crippen molar-refractivity contribution in [3.8, 4) is 0 Å². The predicted molar refractivity (Wildman–Crippen MR) is 37.0 cm³/mol. The minimum atomic E-state index is -0.288. The van der Waals surface area contributed by atoms with E-state index < -0.39 is 0 Å². The van der Waals surface area contributed by atoms with Crippen LogP contribution in [-0.2, 0) is 4.79 Å². The first-order valence-electron chi connectivity index (χ1n) is 3.21. The van der Waals surface area contributed by atoms with E-state index in [9.17, 15) is 4.79 Å². The van der Waals surface area contributed by atoms with Crippen molar-refractivity contribution in [2.24, 2.45) is 5.73 Å². The lowest BCUT2D eigenvalue weighted by atomic mass is 10.3. The molecule has 0 radical (unpaired) electrons. The van der Waals surface area contributed by atoms with Crippen molar-refractivity contribution < 1.29 is 4.79 Å². The molecule has 3 heteroatoms. The fourth-order valence-electron chi connectivity index (χ4n) is 0.461. The molecule has 54 valence electrons. The second-order valence-electron chi connectivity index (χ2n) is 2.08. The summed E-state index contributed by atoms with van der Waals surface area (Å²) in [6, 6.07) is -0.190. The molecule has 9 heavy (non-hydrogen) atoms. The van der Waals surface area contributed by atoms with Crippen molar-refractivity contribution in [3.05, 3.63) is 0 Å². The molecule has 0 heterocycles. The summed E-state index contributed by atoms with van der Waals surface area (Å²) in [6.45, 7) is 4.66. The van der Waals surface area contributed by atoms with E-state index in [-0.39, 0.29) is 11.9 Å². The van der Waals surface area contributed by atoms with Crippen molar-refractivity contribution in [2.45, 2.75) is 26.3 Å². The predicted octanol–water partition coefficient (Wildman–Crippen LogP) is -0.140. The van der Waals surface area contributed by atoms with Gasteiger partial charge in [-0.25, -0.2) is 0 Å². The molecule has 0 saturated heterocycles. The SMILES string of the molecule is CCCNC(C)C(N)=O. The van der Waals surface area contributed by atoms with Gasteiger partial charge in [0.1, 0.15) is 0 Å². The van der Waals surface area contributed by atoms with Crippen LogP contribution in [0.2, 0.25) is 0 Å². The summed E-state index contributed by atoms with van der Waals surface area (Å²) < 4.78 is 0. The van der Waals surface area contributed by atoms with Crippen molar-refractivity contribution in [1.29, 1.82) is 0 Å². The summed E-state index contributed by atoms with van der Waals surface area (Å²) in [5, 5.41) is 2.96. The lowest BCUT2D eigenvalue weighted by Crippen LogP contribution is -2.38. The molecule has 0 bridgehead atoms. The third-order valence-electron chi connectivity index (χ3n) is 1.13. The number of amides is 1. The van der Waals surface area contributed by atoms with Crippen LogP contribution in [-0.4, -0.2) is 18.5 Å². The van der Waals surface area contributed by atoms with Gasteiger partial charge in [0.05, 0.1) is 6.04 Å². The number of nitrogens with two attached hydrogens (primary N) is 1. The van der Waals surface area contributed by atoms with Gasteiger partial charge in [-0.05, 0) is 19.9 Å². The van der Waals surface area contributed by atoms with E-state index in [1.54, 1.807) is 6.92 Å². The Bertz CT molecular complexity index is 93.1. The van der Waals surface area contributed by atoms with E-state index in [0.717, 1.165) is 13.0 Å². The highest BCUT2D eigenvalue weighted by Crippen LogP contribution is 1.78. The molecule has 0 fully saturated rings. The van der Waals surface area contributed by atoms with Gasteiger partial charge in [0.25, 0.3) is 0 Å². The van der Waals surface area contributed by atoms with Crippen molar-refractivity contribution >= 4 is 5.91 Å². The van der Waals surface area contributed by atoms with Crippen LogP contribution in [0.25, 0.3) is 0 Å². The Labute approximate surface area is 55.6 Å². The van der Waals surface area contributed by atoms with Gasteiger partial charge >= 0.3 is 0 Å². The third kappa shape index (κ3) is 3.97. The molecular formula is C6H14N2O. The van der Waals surface area contributed by atoms with Gasteiger partial charge in [0.15, 0.2) is 0 Å². The summed E-state index contributed by atoms with van der Waals surface area (Å²) in [6.07, 6.45) is 1.03. The minimum Gasteiger partial charge on any atom is -0.368 e.